The van der Waals surface area contributed by atoms with Crippen LogP contribution < -0.4 is 20.2 Å². The summed E-state index contributed by atoms with van der Waals surface area (Å²) in [5.41, 5.74) is 1.60. The minimum atomic E-state index is -1.15. The van der Waals surface area contributed by atoms with Crippen LogP contribution >= 0.6 is 22.9 Å². The molecular formula is C24H20ClN3O5S. The van der Waals surface area contributed by atoms with Gasteiger partial charge in [0.15, 0.2) is 4.80 Å². The summed E-state index contributed by atoms with van der Waals surface area (Å²) in [6, 6.07) is 13.0. The predicted octanol–water partition coefficient (Wildman–Crippen LogP) is 3.17. The first-order valence-electron chi connectivity index (χ1n) is 10.3. The van der Waals surface area contributed by atoms with Crippen molar-refractivity contribution < 1.29 is 19.4 Å². The molecular weight excluding hydrogens is 478 g/mol. The third kappa shape index (κ3) is 4.40. The Hall–Kier alpha value is -3.69. The third-order valence-electron chi connectivity index (χ3n) is 5.20. The predicted molar refractivity (Wildman–Crippen MR) is 130 cm³/mol. The fourth-order valence-corrected chi connectivity index (χ4v) is 4.84. The number of halogens is 1. The highest BCUT2D eigenvalue weighted by atomic mass is 35.5. The zero-order valence-corrected chi connectivity index (χ0v) is 19.8. The van der Waals surface area contributed by atoms with E-state index in [2.05, 4.69) is 10.3 Å². The van der Waals surface area contributed by atoms with E-state index >= 15 is 0 Å². The minimum Gasteiger partial charge on any atom is -0.478 e. The monoisotopic (exact) mass is 497 g/mol. The van der Waals surface area contributed by atoms with Crippen LogP contribution in [0.4, 0.5) is 5.69 Å². The van der Waals surface area contributed by atoms with Crippen LogP contribution in [0, 0.1) is 0 Å². The molecule has 0 bridgehead atoms. The average molecular weight is 498 g/mol. The van der Waals surface area contributed by atoms with Crippen molar-refractivity contribution >= 4 is 46.8 Å². The number of ether oxygens (including phenoxy) is 1. The van der Waals surface area contributed by atoms with Crippen molar-refractivity contribution in [3.63, 3.8) is 0 Å². The maximum absolute atomic E-state index is 13.4. The maximum atomic E-state index is 13.4. The quantitative estimate of drug-likeness (QED) is 0.506. The zero-order chi connectivity index (χ0) is 24.4. The van der Waals surface area contributed by atoms with E-state index in [0.717, 1.165) is 16.9 Å². The fourth-order valence-electron chi connectivity index (χ4n) is 3.67. The van der Waals surface area contributed by atoms with Gasteiger partial charge in [-0.05, 0) is 37.6 Å². The summed E-state index contributed by atoms with van der Waals surface area (Å²) >= 11 is 7.09. The zero-order valence-electron chi connectivity index (χ0n) is 18.2. The van der Waals surface area contributed by atoms with E-state index in [4.69, 9.17) is 16.3 Å². The summed E-state index contributed by atoms with van der Waals surface area (Å²) in [7, 11) is 0. The molecule has 2 aromatic carbocycles. The number of aromatic nitrogens is 1. The second-order valence-corrected chi connectivity index (χ2v) is 8.77. The Morgan fingerprint density at radius 3 is 2.68 bits per heavy atom. The number of hydrogen-bond acceptors (Lipinski definition) is 7. The van der Waals surface area contributed by atoms with Gasteiger partial charge in [0, 0.05) is 11.9 Å². The van der Waals surface area contributed by atoms with Crippen molar-refractivity contribution in [2.24, 2.45) is 4.99 Å². The van der Waals surface area contributed by atoms with Gasteiger partial charge in [-0.25, -0.2) is 14.6 Å². The van der Waals surface area contributed by atoms with Gasteiger partial charge in [0.25, 0.3) is 5.56 Å². The van der Waals surface area contributed by atoms with E-state index in [9.17, 15) is 19.5 Å². The van der Waals surface area contributed by atoms with E-state index in [0.29, 0.717) is 26.3 Å². The number of hydrogen-bond donors (Lipinski definition) is 2. The van der Waals surface area contributed by atoms with Crippen LogP contribution in [-0.4, -0.2) is 28.2 Å². The Labute approximate surface area is 203 Å². The van der Waals surface area contributed by atoms with Crippen LogP contribution in [0.15, 0.2) is 69.6 Å². The summed E-state index contributed by atoms with van der Waals surface area (Å²) < 4.78 is 7.08. The van der Waals surface area contributed by atoms with E-state index in [-0.39, 0.29) is 22.8 Å². The highest BCUT2D eigenvalue weighted by molar-refractivity contribution is 7.07. The van der Waals surface area contributed by atoms with Crippen molar-refractivity contribution in [2.45, 2.75) is 19.9 Å². The third-order valence-corrected chi connectivity index (χ3v) is 6.51. The molecule has 10 heteroatoms. The van der Waals surface area contributed by atoms with Gasteiger partial charge in [0.1, 0.15) is 4.53 Å². The van der Waals surface area contributed by atoms with Crippen molar-refractivity contribution in [1.29, 1.82) is 0 Å². The molecule has 8 nitrogen and oxygen atoms in total. The van der Waals surface area contributed by atoms with Crippen molar-refractivity contribution in [3.05, 3.63) is 95.6 Å². The van der Waals surface area contributed by atoms with Gasteiger partial charge in [0.2, 0.25) is 0 Å². The lowest BCUT2D eigenvalue weighted by Gasteiger charge is -2.24. The Kier molecular flexibility index (Phi) is 6.67. The van der Waals surface area contributed by atoms with Crippen LogP contribution in [0.3, 0.4) is 0 Å². The van der Waals surface area contributed by atoms with Crippen LogP contribution in [0.25, 0.3) is 6.20 Å². The molecule has 1 aromatic heterocycles. The van der Waals surface area contributed by atoms with Gasteiger partial charge < -0.3 is 15.2 Å². The number of allylic oxidation sites excluding steroid dienone is 1. The molecule has 1 aliphatic rings. The second kappa shape index (κ2) is 9.66. The number of anilines is 1. The van der Waals surface area contributed by atoms with Gasteiger partial charge in [0.05, 0.1) is 34.5 Å². The summed E-state index contributed by atoms with van der Waals surface area (Å²) in [4.78, 5) is 42.5. The molecule has 0 amide bonds. The van der Waals surface area contributed by atoms with Gasteiger partial charge in [-0.3, -0.25) is 9.36 Å². The van der Waals surface area contributed by atoms with E-state index in [1.165, 1.54) is 22.9 Å². The van der Waals surface area contributed by atoms with Crippen LogP contribution in [0.5, 0.6) is 0 Å². The smallest absolute Gasteiger partial charge is 0.338 e. The molecule has 1 aliphatic heterocycles. The Balaban J connectivity index is 1.82. The molecule has 2 heterocycles. The molecule has 1 atom stereocenters. The number of carbonyl (C=O) groups excluding carboxylic acids is 1. The largest absolute Gasteiger partial charge is 0.478 e. The molecule has 0 unspecified atom stereocenters. The summed E-state index contributed by atoms with van der Waals surface area (Å²) in [6.07, 6.45) is 1.49. The molecule has 3 aromatic rings. The highest BCUT2D eigenvalue weighted by Crippen LogP contribution is 2.30. The molecule has 0 aliphatic carbocycles. The maximum Gasteiger partial charge on any atom is 0.338 e. The van der Waals surface area contributed by atoms with Crippen LogP contribution in [0.2, 0.25) is 5.02 Å². The molecule has 0 saturated carbocycles. The Bertz CT molecular complexity index is 1490. The normalized spacial score (nSPS) is 15.5. The number of nitrogens with zero attached hydrogens (tertiary/aromatic N) is 2. The van der Waals surface area contributed by atoms with Crippen LogP contribution in [-0.2, 0) is 9.53 Å². The number of esters is 1. The number of aromatic carboxylic acids is 1. The van der Waals surface area contributed by atoms with Gasteiger partial charge in [-0.15, -0.1) is 0 Å². The second-order valence-electron chi connectivity index (χ2n) is 7.36. The Morgan fingerprint density at radius 1 is 1.26 bits per heavy atom. The van der Waals surface area contributed by atoms with Crippen molar-refractivity contribution in [3.8, 4) is 0 Å². The van der Waals surface area contributed by atoms with E-state index < -0.39 is 18.0 Å². The lowest BCUT2D eigenvalue weighted by atomic mass is 9.96. The number of fused-ring (bicyclic) bond motifs is 1. The number of carbonyl (C=O) groups is 2. The lowest BCUT2D eigenvalue weighted by molar-refractivity contribution is -0.139. The molecule has 0 saturated heterocycles. The van der Waals surface area contributed by atoms with E-state index in [1.54, 1.807) is 19.9 Å². The SMILES string of the molecule is CCOC(=O)C1=C(C)N=c2s/c(=C\Nc3ccc(Cl)c(C(=O)O)c3)c(=O)n2[C@@H]1c1ccccc1. The van der Waals surface area contributed by atoms with Gasteiger partial charge in [-0.2, -0.15) is 0 Å². The van der Waals surface area contributed by atoms with Gasteiger partial charge >= 0.3 is 11.9 Å². The molecule has 2 N–H and O–H groups in total. The topological polar surface area (TPSA) is 110 Å². The number of rotatable bonds is 6. The van der Waals surface area contributed by atoms with Crippen molar-refractivity contribution in [2.75, 3.05) is 11.9 Å². The number of thiazole rings is 1. The first-order chi connectivity index (χ1) is 16.3. The summed E-state index contributed by atoms with van der Waals surface area (Å²) in [6.45, 7) is 3.64. The number of carboxylic acids is 1. The molecule has 0 spiro atoms. The fraction of sp³-hybridized carbons (Fsp3) is 0.167. The van der Waals surface area contributed by atoms with E-state index in [1.807, 2.05) is 30.3 Å². The lowest BCUT2D eigenvalue weighted by Crippen LogP contribution is -2.40. The molecule has 34 heavy (non-hydrogen) atoms. The Morgan fingerprint density at radius 2 is 2.00 bits per heavy atom. The van der Waals surface area contributed by atoms with Crippen molar-refractivity contribution in [1.82, 2.24) is 4.57 Å². The molecule has 174 valence electrons. The number of carboxylic acid groups (broad SMARTS) is 1. The van der Waals surface area contributed by atoms with Gasteiger partial charge in [-0.1, -0.05) is 53.3 Å². The highest BCUT2D eigenvalue weighted by Gasteiger charge is 2.33. The number of nitrogens with one attached hydrogen (secondary N) is 1. The number of benzene rings is 2. The first-order valence-corrected chi connectivity index (χ1v) is 11.5. The summed E-state index contributed by atoms with van der Waals surface area (Å²) in [5.74, 6) is -1.68. The summed E-state index contributed by atoms with van der Waals surface area (Å²) in [5, 5.41) is 12.3. The molecule has 4 rings (SSSR count). The molecule has 0 radical (unpaired) electrons. The minimum absolute atomic E-state index is 0.0553. The standard InChI is InChI=1S/C24H20ClN3O5S/c1-3-33-23(32)19-13(2)27-24-28(20(19)14-7-5-4-6-8-14)21(29)18(34-24)12-26-15-9-10-17(25)16(11-15)22(30)31/h4-12,20,26H,3H2,1-2H3,(H,30,31)/b18-12-/t20-/m1/s1. The molecule has 0 fully saturated rings. The average Bonchev–Trinajstić information content (AvgIpc) is 3.12. The first kappa shape index (κ1) is 23.5. The van der Waals surface area contributed by atoms with Crippen LogP contribution in [0.1, 0.15) is 35.8 Å².